The molecule has 0 radical (unpaired) electrons. The van der Waals surface area contributed by atoms with Gasteiger partial charge in [-0.1, -0.05) is 18.2 Å². The van der Waals surface area contributed by atoms with Crippen molar-refractivity contribution >= 4 is 33.0 Å². The second kappa shape index (κ2) is 5.75. The Morgan fingerprint density at radius 3 is 2.15 bits per heavy atom. The fourth-order valence-electron chi connectivity index (χ4n) is 2.62. The highest BCUT2D eigenvalue weighted by Crippen LogP contribution is 2.29. The molecule has 0 bridgehead atoms. The lowest BCUT2D eigenvalue weighted by Gasteiger charge is -2.37. The van der Waals surface area contributed by atoms with E-state index in [4.69, 9.17) is 5.73 Å². The first-order chi connectivity index (χ1) is 9.74. The average molecular weight is 332 g/mol. The van der Waals surface area contributed by atoms with Crippen molar-refractivity contribution in [2.45, 2.75) is 0 Å². The van der Waals surface area contributed by atoms with E-state index < -0.39 is 0 Å². The standard InChI is InChI=1S/C16H18BrN3/c17-15-12-13(18)6-7-16(15)20-10-8-19(9-11-20)14-4-2-1-3-5-14/h1-7,12H,8-11,18H2. The number of hydrogen-bond acceptors (Lipinski definition) is 3. The summed E-state index contributed by atoms with van der Waals surface area (Å²) in [5, 5.41) is 0. The molecule has 104 valence electrons. The monoisotopic (exact) mass is 331 g/mol. The van der Waals surface area contributed by atoms with Crippen LogP contribution in [0.2, 0.25) is 0 Å². The van der Waals surface area contributed by atoms with Gasteiger partial charge in [0.25, 0.3) is 0 Å². The number of nitrogens with zero attached hydrogens (tertiary/aromatic N) is 2. The van der Waals surface area contributed by atoms with E-state index in [1.165, 1.54) is 11.4 Å². The molecule has 1 heterocycles. The van der Waals surface area contributed by atoms with Crippen molar-refractivity contribution in [1.29, 1.82) is 0 Å². The molecule has 0 saturated carbocycles. The van der Waals surface area contributed by atoms with Gasteiger partial charge in [-0.2, -0.15) is 0 Å². The quantitative estimate of drug-likeness (QED) is 0.856. The molecular weight excluding hydrogens is 314 g/mol. The van der Waals surface area contributed by atoms with E-state index in [0.717, 1.165) is 36.3 Å². The van der Waals surface area contributed by atoms with Crippen LogP contribution in [0.1, 0.15) is 0 Å². The Bertz CT molecular complexity index is 578. The Labute approximate surface area is 128 Å². The molecule has 0 aliphatic carbocycles. The fraction of sp³-hybridized carbons (Fsp3) is 0.250. The molecule has 3 rings (SSSR count). The number of para-hydroxylation sites is 1. The number of piperazine rings is 1. The molecule has 2 N–H and O–H groups in total. The van der Waals surface area contributed by atoms with Crippen molar-refractivity contribution in [3.05, 3.63) is 53.0 Å². The minimum absolute atomic E-state index is 0.795. The average Bonchev–Trinajstić information content (AvgIpc) is 2.48. The Morgan fingerprint density at radius 2 is 1.50 bits per heavy atom. The highest BCUT2D eigenvalue weighted by Gasteiger charge is 2.18. The molecule has 2 aromatic carbocycles. The van der Waals surface area contributed by atoms with Crippen LogP contribution in [0.4, 0.5) is 17.1 Å². The summed E-state index contributed by atoms with van der Waals surface area (Å²) in [4.78, 5) is 4.84. The van der Waals surface area contributed by atoms with Gasteiger partial charge in [0.1, 0.15) is 0 Å². The molecule has 0 atom stereocenters. The number of halogens is 1. The number of hydrogen-bond donors (Lipinski definition) is 1. The van der Waals surface area contributed by atoms with Crippen LogP contribution in [0.3, 0.4) is 0 Å². The Kier molecular flexibility index (Phi) is 3.83. The highest BCUT2D eigenvalue weighted by atomic mass is 79.9. The molecule has 0 aromatic heterocycles. The predicted octanol–water partition coefficient (Wildman–Crippen LogP) is 3.36. The van der Waals surface area contributed by atoms with Crippen LogP contribution >= 0.6 is 15.9 Å². The summed E-state index contributed by atoms with van der Waals surface area (Å²) in [6, 6.07) is 16.6. The summed E-state index contributed by atoms with van der Waals surface area (Å²) in [5.41, 5.74) is 9.13. The first-order valence-corrected chi connectivity index (χ1v) is 7.63. The van der Waals surface area contributed by atoms with Gasteiger partial charge in [0, 0.05) is 42.0 Å². The van der Waals surface area contributed by atoms with Gasteiger partial charge in [-0.15, -0.1) is 0 Å². The molecular formula is C16H18BrN3. The zero-order valence-electron chi connectivity index (χ0n) is 11.3. The van der Waals surface area contributed by atoms with E-state index in [1.54, 1.807) is 0 Å². The van der Waals surface area contributed by atoms with E-state index >= 15 is 0 Å². The van der Waals surface area contributed by atoms with E-state index in [2.05, 4.69) is 62.1 Å². The van der Waals surface area contributed by atoms with Crippen LogP contribution in [-0.4, -0.2) is 26.2 Å². The van der Waals surface area contributed by atoms with E-state index in [0.29, 0.717) is 0 Å². The lowest BCUT2D eigenvalue weighted by Crippen LogP contribution is -2.46. The van der Waals surface area contributed by atoms with E-state index in [1.807, 2.05) is 12.1 Å². The molecule has 2 aromatic rings. The highest BCUT2D eigenvalue weighted by molar-refractivity contribution is 9.10. The number of nitrogen functional groups attached to an aromatic ring is 1. The maximum absolute atomic E-state index is 5.80. The molecule has 1 aliphatic heterocycles. The van der Waals surface area contributed by atoms with Gasteiger partial charge in [-0.05, 0) is 46.3 Å². The summed E-state index contributed by atoms with van der Waals surface area (Å²) >= 11 is 3.61. The molecule has 0 spiro atoms. The van der Waals surface area contributed by atoms with Crippen LogP contribution in [0.5, 0.6) is 0 Å². The van der Waals surface area contributed by atoms with Gasteiger partial charge in [-0.3, -0.25) is 0 Å². The molecule has 3 nitrogen and oxygen atoms in total. The minimum atomic E-state index is 0.795. The Balaban J connectivity index is 1.69. The van der Waals surface area contributed by atoms with E-state index in [-0.39, 0.29) is 0 Å². The van der Waals surface area contributed by atoms with Crippen molar-refractivity contribution in [3.8, 4) is 0 Å². The summed E-state index contributed by atoms with van der Waals surface area (Å²) in [6.07, 6.45) is 0. The van der Waals surface area contributed by atoms with Crippen molar-refractivity contribution in [2.24, 2.45) is 0 Å². The van der Waals surface area contributed by atoms with E-state index in [9.17, 15) is 0 Å². The van der Waals surface area contributed by atoms with Gasteiger partial charge in [0.05, 0.1) is 5.69 Å². The predicted molar refractivity (Wildman–Crippen MR) is 89.4 cm³/mol. The summed E-state index contributed by atoms with van der Waals surface area (Å²) in [6.45, 7) is 4.14. The second-order valence-electron chi connectivity index (χ2n) is 5.02. The van der Waals surface area contributed by atoms with Crippen molar-refractivity contribution in [3.63, 3.8) is 0 Å². The topological polar surface area (TPSA) is 32.5 Å². The normalized spacial score (nSPS) is 15.4. The molecule has 1 saturated heterocycles. The summed E-state index contributed by atoms with van der Waals surface area (Å²) < 4.78 is 1.07. The zero-order chi connectivity index (χ0) is 13.9. The first-order valence-electron chi connectivity index (χ1n) is 6.84. The summed E-state index contributed by atoms with van der Waals surface area (Å²) in [5.74, 6) is 0. The number of benzene rings is 2. The molecule has 0 amide bonds. The van der Waals surface area contributed by atoms with Crippen molar-refractivity contribution in [1.82, 2.24) is 0 Å². The fourth-order valence-corrected chi connectivity index (χ4v) is 3.27. The lowest BCUT2D eigenvalue weighted by molar-refractivity contribution is 0.653. The van der Waals surface area contributed by atoms with Gasteiger partial charge >= 0.3 is 0 Å². The number of anilines is 3. The zero-order valence-corrected chi connectivity index (χ0v) is 12.9. The summed E-state index contributed by atoms with van der Waals surface area (Å²) in [7, 11) is 0. The van der Waals surface area contributed by atoms with Crippen molar-refractivity contribution < 1.29 is 0 Å². The van der Waals surface area contributed by atoms with Gasteiger partial charge in [0.15, 0.2) is 0 Å². The maximum atomic E-state index is 5.80. The Hall–Kier alpha value is -1.68. The van der Waals surface area contributed by atoms with Gasteiger partial charge < -0.3 is 15.5 Å². The third-order valence-electron chi connectivity index (χ3n) is 3.71. The largest absolute Gasteiger partial charge is 0.399 e. The molecule has 1 aliphatic rings. The third kappa shape index (κ3) is 2.75. The molecule has 0 unspecified atom stereocenters. The lowest BCUT2D eigenvalue weighted by atomic mass is 10.2. The van der Waals surface area contributed by atoms with Gasteiger partial charge in [0.2, 0.25) is 0 Å². The van der Waals surface area contributed by atoms with Crippen LogP contribution in [0, 0.1) is 0 Å². The third-order valence-corrected chi connectivity index (χ3v) is 4.35. The van der Waals surface area contributed by atoms with Crippen LogP contribution < -0.4 is 15.5 Å². The van der Waals surface area contributed by atoms with Crippen molar-refractivity contribution in [2.75, 3.05) is 41.7 Å². The first kappa shape index (κ1) is 13.3. The molecule has 4 heteroatoms. The van der Waals surface area contributed by atoms with Crippen LogP contribution in [0.25, 0.3) is 0 Å². The number of nitrogens with two attached hydrogens (primary N) is 1. The second-order valence-corrected chi connectivity index (χ2v) is 5.87. The van der Waals surface area contributed by atoms with Crippen LogP contribution in [-0.2, 0) is 0 Å². The minimum Gasteiger partial charge on any atom is -0.399 e. The number of rotatable bonds is 2. The van der Waals surface area contributed by atoms with Gasteiger partial charge in [-0.25, -0.2) is 0 Å². The Morgan fingerprint density at radius 1 is 0.850 bits per heavy atom. The molecule has 20 heavy (non-hydrogen) atoms. The molecule has 1 fully saturated rings. The smallest absolute Gasteiger partial charge is 0.0513 e. The van der Waals surface area contributed by atoms with Crippen LogP contribution in [0.15, 0.2) is 53.0 Å². The maximum Gasteiger partial charge on any atom is 0.0513 e. The SMILES string of the molecule is Nc1ccc(N2CCN(c3ccccc3)CC2)c(Br)c1.